The van der Waals surface area contributed by atoms with Gasteiger partial charge >= 0.3 is 5.97 Å². The van der Waals surface area contributed by atoms with E-state index in [1.54, 1.807) is 54.7 Å². The van der Waals surface area contributed by atoms with E-state index >= 15 is 0 Å². The molecule has 3 aromatic rings. The first kappa shape index (κ1) is 19.0. The number of anilines is 1. The Morgan fingerprint density at radius 1 is 1.07 bits per heavy atom. The first-order valence-electron chi connectivity index (χ1n) is 8.69. The molecule has 0 unspecified atom stereocenters. The Morgan fingerprint density at radius 3 is 2.64 bits per heavy atom. The van der Waals surface area contributed by atoms with Gasteiger partial charge in [-0.05, 0) is 54.4 Å². The predicted molar refractivity (Wildman–Crippen MR) is 108 cm³/mol. The summed E-state index contributed by atoms with van der Waals surface area (Å²) in [5, 5.41) is 11.7. The third kappa shape index (κ3) is 5.35. The molecule has 1 heterocycles. The van der Waals surface area contributed by atoms with Gasteiger partial charge < -0.3 is 10.4 Å². The molecule has 0 spiro atoms. The average molecular weight is 373 g/mol. The van der Waals surface area contributed by atoms with Gasteiger partial charge in [0.15, 0.2) is 0 Å². The summed E-state index contributed by atoms with van der Waals surface area (Å²) in [6.45, 7) is 1.86. The highest BCUT2D eigenvalue weighted by molar-refractivity contribution is 6.04. The first-order valence-corrected chi connectivity index (χ1v) is 8.69. The molecule has 2 aromatic carbocycles. The highest BCUT2D eigenvalue weighted by atomic mass is 16.4. The van der Waals surface area contributed by atoms with Gasteiger partial charge in [0, 0.05) is 17.5 Å². The molecule has 0 radical (unpaired) electrons. The van der Waals surface area contributed by atoms with Crippen molar-refractivity contribution in [1.82, 2.24) is 4.98 Å². The summed E-state index contributed by atoms with van der Waals surface area (Å²) in [5.74, 6) is -0.649. The summed E-state index contributed by atoms with van der Waals surface area (Å²) < 4.78 is 0. The topological polar surface area (TPSA) is 91.7 Å². The van der Waals surface area contributed by atoms with Crippen molar-refractivity contribution in [2.24, 2.45) is 4.99 Å². The fraction of sp³-hybridized carbons (Fsp3) is 0.0909. The summed E-state index contributed by atoms with van der Waals surface area (Å²) >= 11 is 0. The maximum absolute atomic E-state index is 12.4. The molecule has 140 valence electrons. The fourth-order valence-electron chi connectivity index (χ4n) is 2.64. The number of hydrogen-bond acceptors (Lipinski definition) is 4. The second-order valence-electron chi connectivity index (χ2n) is 6.24. The number of hydrogen-bond donors (Lipinski definition) is 2. The Hall–Kier alpha value is -3.80. The number of amides is 1. The van der Waals surface area contributed by atoms with Gasteiger partial charge in [-0.15, -0.1) is 0 Å². The Kier molecular flexibility index (Phi) is 5.91. The van der Waals surface area contributed by atoms with Crippen LogP contribution in [-0.2, 0) is 11.2 Å². The molecule has 0 fully saturated rings. The number of aliphatic carboxylic acids is 1. The number of benzene rings is 2. The van der Waals surface area contributed by atoms with Gasteiger partial charge in [-0.2, -0.15) is 0 Å². The van der Waals surface area contributed by atoms with Crippen LogP contribution in [0.25, 0.3) is 0 Å². The zero-order valence-electron chi connectivity index (χ0n) is 15.3. The zero-order chi connectivity index (χ0) is 19.9. The maximum Gasteiger partial charge on any atom is 0.307 e. The van der Waals surface area contributed by atoms with Crippen molar-refractivity contribution in [3.8, 4) is 0 Å². The largest absolute Gasteiger partial charge is 0.481 e. The summed E-state index contributed by atoms with van der Waals surface area (Å²) in [7, 11) is 0. The van der Waals surface area contributed by atoms with Gasteiger partial charge in [0.2, 0.25) is 0 Å². The van der Waals surface area contributed by atoms with Crippen LogP contribution in [0.1, 0.15) is 27.2 Å². The molecule has 0 saturated heterocycles. The third-order valence-electron chi connectivity index (χ3n) is 3.91. The maximum atomic E-state index is 12.4. The Labute approximate surface area is 162 Å². The van der Waals surface area contributed by atoms with Gasteiger partial charge in [0.25, 0.3) is 5.91 Å². The number of pyridine rings is 1. The van der Waals surface area contributed by atoms with Gasteiger partial charge in [0.05, 0.1) is 12.1 Å². The molecule has 1 aromatic heterocycles. The number of carboxylic acid groups (broad SMARTS) is 1. The lowest BCUT2D eigenvalue weighted by atomic mass is 10.1. The highest BCUT2D eigenvalue weighted by Gasteiger charge is 2.07. The SMILES string of the molecule is Cc1cccc(NC(=O)c2cccc(N=Cc3cccc(CC(=O)O)c3)c2)n1. The fourth-order valence-corrected chi connectivity index (χ4v) is 2.64. The molecule has 0 aliphatic carbocycles. The number of aryl methyl sites for hydroxylation is 1. The van der Waals surface area contributed by atoms with Crippen molar-refractivity contribution in [2.45, 2.75) is 13.3 Å². The second-order valence-corrected chi connectivity index (χ2v) is 6.24. The molecular formula is C22H19N3O3. The normalized spacial score (nSPS) is 10.8. The molecule has 0 bridgehead atoms. The molecule has 0 aliphatic heterocycles. The number of nitrogens with one attached hydrogen (secondary N) is 1. The zero-order valence-corrected chi connectivity index (χ0v) is 15.3. The van der Waals surface area contributed by atoms with Crippen LogP contribution >= 0.6 is 0 Å². The molecular weight excluding hydrogens is 354 g/mol. The first-order chi connectivity index (χ1) is 13.5. The van der Waals surface area contributed by atoms with Crippen LogP contribution in [0.5, 0.6) is 0 Å². The molecule has 2 N–H and O–H groups in total. The number of nitrogens with zero attached hydrogens (tertiary/aromatic N) is 2. The van der Waals surface area contributed by atoms with E-state index in [9.17, 15) is 9.59 Å². The molecule has 28 heavy (non-hydrogen) atoms. The minimum atomic E-state index is -0.879. The van der Waals surface area contributed by atoms with E-state index in [0.717, 1.165) is 11.3 Å². The molecule has 1 amide bonds. The van der Waals surface area contributed by atoms with E-state index in [0.29, 0.717) is 22.6 Å². The van der Waals surface area contributed by atoms with Crippen LogP contribution in [-0.4, -0.2) is 28.2 Å². The number of carboxylic acids is 1. The monoisotopic (exact) mass is 373 g/mol. The molecule has 0 atom stereocenters. The molecule has 6 nitrogen and oxygen atoms in total. The van der Waals surface area contributed by atoms with E-state index in [4.69, 9.17) is 5.11 Å². The molecule has 0 aliphatic rings. The number of aliphatic imine (C=N–C) groups is 1. The van der Waals surface area contributed by atoms with Crippen molar-refractivity contribution >= 4 is 29.6 Å². The van der Waals surface area contributed by atoms with Crippen molar-refractivity contribution < 1.29 is 14.7 Å². The van der Waals surface area contributed by atoms with E-state index < -0.39 is 5.97 Å². The lowest BCUT2D eigenvalue weighted by Crippen LogP contribution is -2.12. The number of aromatic nitrogens is 1. The van der Waals surface area contributed by atoms with Crippen molar-refractivity contribution in [1.29, 1.82) is 0 Å². The van der Waals surface area contributed by atoms with Crippen LogP contribution in [0, 0.1) is 6.92 Å². The summed E-state index contributed by atoms with van der Waals surface area (Å²) in [6.07, 6.45) is 1.61. The Bertz CT molecular complexity index is 1040. The second kappa shape index (κ2) is 8.73. The minimum Gasteiger partial charge on any atom is -0.481 e. The van der Waals surface area contributed by atoms with Crippen molar-refractivity contribution in [3.05, 3.63) is 89.1 Å². The quantitative estimate of drug-likeness (QED) is 0.639. The van der Waals surface area contributed by atoms with Gasteiger partial charge in [0.1, 0.15) is 5.82 Å². The van der Waals surface area contributed by atoms with E-state index in [1.807, 2.05) is 25.1 Å². The van der Waals surface area contributed by atoms with Gasteiger partial charge in [-0.25, -0.2) is 4.98 Å². The van der Waals surface area contributed by atoms with Crippen LogP contribution in [0.3, 0.4) is 0 Å². The number of carbonyl (C=O) groups is 2. The number of rotatable bonds is 6. The minimum absolute atomic E-state index is 0.0374. The molecule has 6 heteroatoms. The Morgan fingerprint density at radius 2 is 1.86 bits per heavy atom. The molecule has 3 rings (SSSR count). The average Bonchev–Trinajstić information content (AvgIpc) is 2.66. The van der Waals surface area contributed by atoms with E-state index in [1.165, 1.54) is 0 Å². The van der Waals surface area contributed by atoms with Crippen LogP contribution < -0.4 is 5.32 Å². The summed E-state index contributed by atoms with van der Waals surface area (Å²) in [6, 6.07) is 19.5. The Balaban J connectivity index is 1.73. The van der Waals surface area contributed by atoms with Gasteiger partial charge in [-0.1, -0.05) is 30.3 Å². The predicted octanol–water partition coefficient (Wildman–Crippen LogP) is 4.02. The smallest absolute Gasteiger partial charge is 0.307 e. The van der Waals surface area contributed by atoms with Crippen LogP contribution in [0.4, 0.5) is 11.5 Å². The summed E-state index contributed by atoms with van der Waals surface area (Å²) in [5.41, 5.74) is 3.40. The summed E-state index contributed by atoms with van der Waals surface area (Å²) in [4.78, 5) is 31.9. The number of carbonyl (C=O) groups excluding carboxylic acids is 1. The van der Waals surface area contributed by atoms with Gasteiger partial charge in [-0.3, -0.25) is 14.6 Å². The van der Waals surface area contributed by atoms with E-state index in [2.05, 4.69) is 15.3 Å². The van der Waals surface area contributed by atoms with E-state index in [-0.39, 0.29) is 12.3 Å². The lowest BCUT2D eigenvalue weighted by molar-refractivity contribution is -0.136. The third-order valence-corrected chi connectivity index (χ3v) is 3.91. The van der Waals surface area contributed by atoms with Crippen LogP contribution in [0.2, 0.25) is 0 Å². The highest BCUT2D eigenvalue weighted by Crippen LogP contribution is 2.16. The molecule has 0 saturated carbocycles. The standard InChI is InChI=1S/C22H19N3O3/c1-15-5-2-10-20(24-15)25-22(28)18-8-4-9-19(13-18)23-14-17-7-3-6-16(11-17)12-21(26)27/h2-11,13-14H,12H2,1H3,(H,26,27)(H,24,25,28). The van der Waals surface area contributed by atoms with Crippen LogP contribution in [0.15, 0.2) is 71.7 Å². The van der Waals surface area contributed by atoms with Crippen molar-refractivity contribution in [2.75, 3.05) is 5.32 Å². The lowest BCUT2D eigenvalue weighted by Gasteiger charge is -2.05. The van der Waals surface area contributed by atoms with Crippen molar-refractivity contribution in [3.63, 3.8) is 0 Å².